The average molecular weight is 488 g/mol. The van der Waals surface area contributed by atoms with E-state index in [1.807, 2.05) is 7.05 Å². The third-order valence-corrected chi connectivity index (χ3v) is 5.10. The van der Waals surface area contributed by atoms with E-state index in [1.54, 1.807) is 0 Å². The molecule has 0 amide bonds. The Kier molecular flexibility index (Phi) is 9.64. The summed E-state index contributed by atoms with van der Waals surface area (Å²) in [6.45, 7) is 7.42. The molecule has 0 spiro atoms. The van der Waals surface area contributed by atoms with Crippen molar-refractivity contribution in [3.63, 3.8) is 0 Å². The van der Waals surface area contributed by atoms with Crippen molar-refractivity contribution in [2.75, 3.05) is 51.4 Å². The van der Waals surface area contributed by atoms with Crippen LogP contribution >= 0.6 is 24.0 Å². The average Bonchev–Trinajstić information content (AvgIpc) is 3.33. The summed E-state index contributed by atoms with van der Waals surface area (Å²) in [4.78, 5) is 6.80. The number of anilines is 1. The second kappa shape index (κ2) is 11.7. The normalized spacial score (nSPS) is 20.1. The lowest BCUT2D eigenvalue weighted by molar-refractivity contribution is 0.0420. The van der Waals surface area contributed by atoms with Crippen LogP contribution in [0.2, 0.25) is 0 Å². The van der Waals surface area contributed by atoms with Crippen LogP contribution in [-0.4, -0.2) is 64.6 Å². The first-order chi connectivity index (χ1) is 12.8. The minimum atomic E-state index is 0. The Balaban J connectivity index is 0.00000261. The van der Waals surface area contributed by atoms with Gasteiger partial charge < -0.3 is 25.0 Å². The fourth-order valence-corrected chi connectivity index (χ4v) is 3.57. The van der Waals surface area contributed by atoms with Gasteiger partial charge in [0.25, 0.3) is 0 Å². The van der Waals surface area contributed by atoms with Crippen LogP contribution in [0.4, 0.5) is 5.69 Å². The zero-order valence-electron chi connectivity index (χ0n) is 16.4. The second-order valence-electron chi connectivity index (χ2n) is 7.01. The number of ether oxygens (including phenoxy) is 2. The van der Waals surface area contributed by atoms with E-state index in [0.717, 1.165) is 64.7 Å². The van der Waals surface area contributed by atoms with Crippen molar-refractivity contribution in [2.45, 2.75) is 38.3 Å². The van der Waals surface area contributed by atoms with E-state index in [2.05, 4.69) is 51.7 Å². The Morgan fingerprint density at radius 3 is 3.00 bits per heavy atom. The van der Waals surface area contributed by atoms with Crippen molar-refractivity contribution >= 4 is 35.6 Å². The van der Waals surface area contributed by atoms with E-state index >= 15 is 0 Å². The predicted octanol–water partition coefficient (Wildman–Crippen LogP) is 2.42. The van der Waals surface area contributed by atoms with E-state index in [0.29, 0.717) is 6.04 Å². The first-order valence-electron chi connectivity index (χ1n) is 9.76. The maximum atomic E-state index is 5.79. The molecule has 1 fully saturated rings. The molecular formula is C20H33IN4O2. The smallest absolute Gasteiger partial charge is 0.191 e. The number of fused-ring (bicyclic) bond motifs is 1. The molecule has 1 saturated heterocycles. The van der Waals surface area contributed by atoms with Gasteiger partial charge in [0.05, 0.1) is 12.7 Å². The lowest BCUT2D eigenvalue weighted by Crippen LogP contribution is -2.46. The molecule has 27 heavy (non-hydrogen) atoms. The molecule has 2 N–H and O–H groups in total. The highest BCUT2D eigenvalue weighted by Crippen LogP contribution is 2.28. The summed E-state index contributed by atoms with van der Waals surface area (Å²) in [6, 6.07) is 9.12. The molecule has 2 heterocycles. The third kappa shape index (κ3) is 6.50. The number of hydrogen-bond donors (Lipinski definition) is 2. The molecule has 2 aliphatic heterocycles. The fraction of sp³-hybridized carbons (Fsp3) is 0.650. The van der Waals surface area contributed by atoms with E-state index in [9.17, 15) is 0 Å². The highest BCUT2D eigenvalue weighted by molar-refractivity contribution is 14.0. The fourth-order valence-electron chi connectivity index (χ4n) is 3.57. The zero-order chi connectivity index (χ0) is 18.2. The number of rotatable bonds is 8. The van der Waals surface area contributed by atoms with E-state index in [4.69, 9.17) is 9.47 Å². The molecule has 0 saturated carbocycles. The van der Waals surface area contributed by atoms with Crippen LogP contribution in [0, 0.1) is 0 Å². The van der Waals surface area contributed by atoms with Crippen LogP contribution in [0.1, 0.15) is 25.3 Å². The summed E-state index contributed by atoms with van der Waals surface area (Å²) >= 11 is 0. The second-order valence-corrected chi connectivity index (χ2v) is 7.01. The molecule has 6 nitrogen and oxygen atoms in total. The summed E-state index contributed by atoms with van der Waals surface area (Å²) in [5.41, 5.74) is 2.83. The quantitative estimate of drug-likeness (QED) is 0.255. The highest BCUT2D eigenvalue weighted by Gasteiger charge is 2.22. The van der Waals surface area contributed by atoms with Crippen LogP contribution in [0.15, 0.2) is 29.3 Å². The summed E-state index contributed by atoms with van der Waals surface area (Å²) in [5.74, 6) is 0.855. The van der Waals surface area contributed by atoms with Crippen LogP contribution in [0.3, 0.4) is 0 Å². The Hall–Kier alpha value is -1.06. The van der Waals surface area contributed by atoms with Crippen molar-refractivity contribution in [2.24, 2.45) is 4.99 Å². The van der Waals surface area contributed by atoms with Crippen LogP contribution < -0.4 is 15.5 Å². The summed E-state index contributed by atoms with van der Waals surface area (Å²) in [7, 11) is 1.82. The van der Waals surface area contributed by atoms with Gasteiger partial charge in [-0.05, 0) is 37.8 Å². The SMILES string of the molecule is CN=C(NCCCOC1CCOC1)NCC(C)N1CCc2ccccc21.I. The van der Waals surface area contributed by atoms with Crippen molar-refractivity contribution in [1.29, 1.82) is 0 Å². The van der Waals surface area contributed by atoms with Gasteiger partial charge in [-0.15, -0.1) is 24.0 Å². The number of benzene rings is 1. The Morgan fingerprint density at radius 1 is 1.37 bits per heavy atom. The number of halogens is 1. The molecule has 2 atom stereocenters. The topological polar surface area (TPSA) is 58.1 Å². The first-order valence-corrected chi connectivity index (χ1v) is 9.76. The van der Waals surface area contributed by atoms with E-state index in [-0.39, 0.29) is 30.1 Å². The first kappa shape index (κ1) is 22.2. The number of hydrogen-bond acceptors (Lipinski definition) is 4. The van der Waals surface area contributed by atoms with Crippen molar-refractivity contribution in [1.82, 2.24) is 10.6 Å². The number of nitrogens with one attached hydrogen (secondary N) is 2. The minimum Gasteiger partial charge on any atom is -0.379 e. The molecule has 2 aliphatic rings. The van der Waals surface area contributed by atoms with Gasteiger partial charge in [-0.2, -0.15) is 0 Å². The maximum absolute atomic E-state index is 5.79. The molecule has 1 aromatic carbocycles. The van der Waals surface area contributed by atoms with E-state index in [1.165, 1.54) is 11.3 Å². The lowest BCUT2D eigenvalue weighted by Gasteiger charge is -2.28. The van der Waals surface area contributed by atoms with Crippen LogP contribution in [-0.2, 0) is 15.9 Å². The van der Waals surface area contributed by atoms with Gasteiger partial charge in [-0.1, -0.05) is 18.2 Å². The number of nitrogens with zero attached hydrogens (tertiary/aromatic N) is 2. The third-order valence-electron chi connectivity index (χ3n) is 5.10. The number of para-hydroxylation sites is 1. The van der Waals surface area contributed by atoms with Crippen LogP contribution in [0.25, 0.3) is 0 Å². The molecule has 3 rings (SSSR count). The molecule has 0 aliphatic carbocycles. The van der Waals surface area contributed by atoms with Gasteiger partial charge in [0, 0.05) is 51.6 Å². The van der Waals surface area contributed by atoms with E-state index < -0.39 is 0 Å². The molecule has 152 valence electrons. The van der Waals surface area contributed by atoms with Crippen molar-refractivity contribution in [3.05, 3.63) is 29.8 Å². The standard InChI is InChI=1S/C20H32N4O2.HI/c1-16(24-11-8-17-6-3-4-7-19(17)24)14-23-20(21-2)22-10-5-12-26-18-9-13-25-15-18;/h3-4,6-7,16,18H,5,8-15H2,1-2H3,(H2,21,22,23);1H. The summed E-state index contributed by atoms with van der Waals surface area (Å²) in [6.07, 6.45) is 3.41. The molecule has 0 radical (unpaired) electrons. The Labute approximate surface area is 180 Å². The molecule has 0 bridgehead atoms. The monoisotopic (exact) mass is 488 g/mol. The van der Waals surface area contributed by atoms with Gasteiger partial charge in [-0.3, -0.25) is 4.99 Å². The maximum Gasteiger partial charge on any atom is 0.191 e. The number of guanidine groups is 1. The van der Waals surface area contributed by atoms with Crippen molar-refractivity contribution < 1.29 is 9.47 Å². The Bertz CT molecular complexity index is 593. The molecular weight excluding hydrogens is 455 g/mol. The Morgan fingerprint density at radius 2 is 2.22 bits per heavy atom. The molecule has 2 unspecified atom stereocenters. The van der Waals surface area contributed by atoms with Gasteiger partial charge in [-0.25, -0.2) is 0 Å². The van der Waals surface area contributed by atoms with Gasteiger partial charge in [0.15, 0.2) is 5.96 Å². The van der Waals surface area contributed by atoms with Crippen LogP contribution in [0.5, 0.6) is 0 Å². The largest absolute Gasteiger partial charge is 0.379 e. The molecule has 0 aromatic heterocycles. The van der Waals surface area contributed by atoms with Crippen molar-refractivity contribution in [3.8, 4) is 0 Å². The molecule has 7 heteroatoms. The highest BCUT2D eigenvalue weighted by atomic mass is 127. The lowest BCUT2D eigenvalue weighted by atomic mass is 10.2. The summed E-state index contributed by atoms with van der Waals surface area (Å²) in [5, 5.41) is 6.81. The summed E-state index contributed by atoms with van der Waals surface area (Å²) < 4.78 is 11.1. The molecule has 1 aromatic rings. The minimum absolute atomic E-state index is 0. The van der Waals surface area contributed by atoms with Gasteiger partial charge >= 0.3 is 0 Å². The predicted molar refractivity (Wildman–Crippen MR) is 122 cm³/mol. The van der Waals surface area contributed by atoms with Gasteiger partial charge in [0.2, 0.25) is 0 Å². The van der Waals surface area contributed by atoms with Gasteiger partial charge in [0.1, 0.15) is 0 Å². The number of aliphatic imine (C=N–C) groups is 1. The zero-order valence-corrected chi connectivity index (χ0v) is 18.8.